The minimum atomic E-state index is -0.285. The number of benzene rings is 1. The fourth-order valence-corrected chi connectivity index (χ4v) is 5.13. The van der Waals surface area contributed by atoms with Crippen LogP contribution in [-0.2, 0) is 16.0 Å². The van der Waals surface area contributed by atoms with Gasteiger partial charge in [-0.25, -0.2) is 0 Å². The van der Waals surface area contributed by atoms with E-state index in [1.807, 2.05) is 43.0 Å². The summed E-state index contributed by atoms with van der Waals surface area (Å²) in [6.07, 6.45) is 5.54. The molecule has 2 heterocycles. The lowest BCUT2D eigenvalue weighted by atomic mass is 9.99. The molecule has 0 radical (unpaired) electrons. The number of methoxy groups -OCH3 is 1. The van der Waals surface area contributed by atoms with Crippen LogP contribution in [0.2, 0.25) is 0 Å². The van der Waals surface area contributed by atoms with Crippen LogP contribution in [0, 0.1) is 5.92 Å². The second kappa shape index (κ2) is 11.0. The molecular formula is C26H36N4O4. The lowest BCUT2D eigenvalue weighted by Gasteiger charge is -2.33. The average molecular weight is 469 g/mol. The van der Waals surface area contributed by atoms with E-state index in [0.29, 0.717) is 37.6 Å². The summed E-state index contributed by atoms with van der Waals surface area (Å²) in [6, 6.07) is 7.44. The van der Waals surface area contributed by atoms with E-state index in [1.165, 1.54) is 0 Å². The fraction of sp³-hybridized carbons (Fsp3) is 0.615. The van der Waals surface area contributed by atoms with E-state index in [4.69, 9.17) is 9.26 Å². The Hall–Kier alpha value is -2.90. The van der Waals surface area contributed by atoms with E-state index in [1.54, 1.807) is 7.11 Å². The molecule has 34 heavy (non-hydrogen) atoms. The number of hydrogen-bond acceptors (Lipinski definition) is 6. The molecule has 1 aliphatic carbocycles. The Labute approximate surface area is 201 Å². The van der Waals surface area contributed by atoms with E-state index in [9.17, 15) is 9.59 Å². The summed E-state index contributed by atoms with van der Waals surface area (Å²) in [5.41, 5.74) is 0.910. The lowest BCUT2D eigenvalue weighted by molar-refractivity contribution is -0.136. The SMILES string of the molecule is COc1cccc(CC(=O)N2CCCCCCNC(=O)[C@H]3C[C@H](c4nc(C(C)C)no4)C[C@H]32)c1. The van der Waals surface area contributed by atoms with Crippen LogP contribution < -0.4 is 10.1 Å². The Morgan fingerprint density at radius 2 is 2.06 bits per heavy atom. The van der Waals surface area contributed by atoms with Crippen LogP contribution in [0.5, 0.6) is 5.75 Å². The van der Waals surface area contributed by atoms with E-state index in [2.05, 4.69) is 15.5 Å². The molecule has 2 aromatic rings. The smallest absolute Gasteiger partial charge is 0.229 e. The molecule has 8 nitrogen and oxygen atoms in total. The summed E-state index contributed by atoms with van der Waals surface area (Å²) in [7, 11) is 1.62. The van der Waals surface area contributed by atoms with Crippen molar-refractivity contribution in [3.8, 4) is 5.75 Å². The lowest BCUT2D eigenvalue weighted by Crippen LogP contribution is -2.47. The average Bonchev–Trinajstić information content (AvgIpc) is 3.48. The van der Waals surface area contributed by atoms with E-state index in [0.717, 1.165) is 37.0 Å². The molecule has 3 atom stereocenters. The molecule has 1 saturated heterocycles. The summed E-state index contributed by atoms with van der Waals surface area (Å²) in [4.78, 5) is 33.4. The van der Waals surface area contributed by atoms with Crippen molar-refractivity contribution in [2.75, 3.05) is 20.2 Å². The van der Waals surface area contributed by atoms with Gasteiger partial charge in [-0.3, -0.25) is 9.59 Å². The van der Waals surface area contributed by atoms with Gasteiger partial charge in [-0.15, -0.1) is 0 Å². The van der Waals surface area contributed by atoms with Crippen molar-refractivity contribution in [3.63, 3.8) is 0 Å². The topological polar surface area (TPSA) is 97.6 Å². The third kappa shape index (κ3) is 5.59. The molecule has 0 bridgehead atoms. The highest BCUT2D eigenvalue weighted by molar-refractivity contribution is 5.83. The monoisotopic (exact) mass is 468 g/mol. The number of carbonyl (C=O) groups is 2. The predicted octanol–water partition coefficient (Wildman–Crippen LogP) is 3.83. The second-order valence-electron chi connectivity index (χ2n) is 9.81. The Morgan fingerprint density at radius 3 is 2.82 bits per heavy atom. The summed E-state index contributed by atoms with van der Waals surface area (Å²) in [5.74, 6) is 1.92. The van der Waals surface area contributed by atoms with Gasteiger partial charge < -0.3 is 19.5 Å². The van der Waals surface area contributed by atoms with Gasteiger partial charge in [0, 0.05) is 31.0 Å². The maximum atomic E-state index is 13.6. The van der Waals surface area contributed by atoms with Gasteiger partial charge in [-0.05, 0) is 43.4 Å². The number of aromatic nitrogens is 2. The number of nitrogens with one attached hydrogen (secondary N) is 1. The fourth-order valence-electron chi connectivity index (χ4n) is 5.13. The highest BCUT2D eigenvalue weighted by atomic mass is 16.5. The molecule has 1 aliphatic heterocycles. The third-order valence-corrected chi connectivity index (χ3v) is 7.02. The highest BCUT2D eigenvalue weighted by Gasteiger charge is 2.45. The van der Waals surface area contributed by atoms with Crippen LogP contribution in [0.3, 0.4) is 0 Å². The first-order valence-electron chi connectivity index (χ1n) is 12.5. The molecule has 2 aliphatic rings. The van der Waals surface area contributed by atoms with Gasteiger partial charge in [0.2, 0.25) is 17.7 Å². The van der Waals surface area contributed by atoms with Crippen LogP contribution >= 0.6 is 0 Å². The molecule has 0 spiro atoms. The number of hydrogen-bond donors (Lipinski definition) is 1. The second-order valence-corrected chi connectivity index (χ2v) is 9.81. The Morgan fingerprint density at radius 1 is 1.24 bits per heavy atom. The zero-order valence-electron chi connectivity index (χ0n) is 20.5. The third-order valence-electron chi connectivity index (χ3n) is 7.02. The van der Waals surface area contributed by atoms with Crippen molar-refractivity contribution in [2.45, 2.75) is 76.7 Å². The van der Waals surface area contributed by atoms with Crippen molar-refractivity contribution < 1.29 is 18.8 Å². The zero-order valence-corrected chi connectivity index (χ0v) is 20.5. The van der Waals surface area contributed by atoms with Crippen LogP contribution in [-0.4, -0.2) is 53.1 Å². The first-order valence-corrected chi connectivity index (χ1v) is 12.5. The quantitative estimate of drug-likeness (QED) is 0.716. The number of amides is 2. The summed E-state index contributed by atoms with van der Waals surface area (Å²) in [6.45, 7) is 5.40. The Kier molecular flexibility index (Phi) is 7.85. The van der Waals surface area contributed by atoms with Crippen molar-refractivity contribution in [1.29, 1.82) is 0 Å². The van der Waals surface area contributed by atoms with Gasteiger partial charge in [-0.1, -0.05) is 44.0 Å². The number of nitrogens with zero attached hydrogens (tertiary/aromatic N) is 3. The van der Waals surface area contributed by atoms with E-state index < -0.39 is 0 Å². The standard InChI is InChI=1S/C26H36N4O4/c1-17(2)24-28-26(34-29-24)19-15-21-22(16-19)30(12-7-5-4-6-11-27-25(21)32)23(31)14-18-9-8-10-20(13-18)33-3/h8-10,13,17,19,21-22H,4-7,11-12,14-16H2,1-3H3,(H,27,32)/t19-,21-,22+/m0/s1. The maximum absolute atomic E-state index is 13.6. The van der Waals surface area contributed by atoms with E-state index >= 15 is 0 Å². The molecule has 2 fully saturated rings. The molecule has 2 amide bonds. The molecule has 1 aromatic carbocycles. The molecule has 1 N–H and O–H groups in total. The number of fused-ring (bicyclic) bond motifs is 1. The molecule has 184 valence electrons. The first kappa shape index (κ1) is 24.2. The van der Waals surface area contributed by atoms with Crippen molar-refractivity contribution >= 4 is 11.8 Å². The predicted molar refractivity (Wildman–Crippen MR) is 128 cm³/mol. The van der Waals surface area contributed by atoms with E-state index in [-0.39, 0.29) is 42.0 Å². The van der Waals surface area contributed by atoms with Gasteiger partial charge in [-0.2, -0.15) is 4.98 Å². The number of rotatable bonds is 5. The van der Waals surface area contributed by atoms with Crippen molar-refractivity contribution in [2.24, 2.45) is 5.92 Å². The summed E-state index contributed by atoms with van der Waals surface area (Å²) in [5, 5.41) is 7.23. The molecule has 8 heteroatoms. The van der Waals surface area contributed by atoms with Crippen LogP contribution in [0.4, 0.5) is 0 Å². The molecular weight excluding hydrogens is 432 g/mol. The molecule has 4 rings (SSSR count). The van der Waals surface area contributed by atoms with Gasteiger partial charge in [0.05, 0.1) is 19.4 Å². The Bertz CT molecular complexity index is 989. The maximum Gasteiger partial charge on any atom is 0.229 e. The van der Waals surface area contributed by atoms with Crippen LogP contribution in [0.25, 0.3) is 0 Å². The van der Waals surface area contributed by atoms with Crippen LogP contribution in [0.15, 0.2) is 28.8 Å². The molecule has 1 aromatic heterocycles. The van der Waals surface area contributed by atoms with Gasteiger partial charge in [0.15, 0.2) is 5.82 Å². The summed E-state index contributed by atoms with van der Waals surface area (Å²) >= 11 is 0. The van der Waals surface area contributed by atoms with Crippen molar-refractivity contribution in [3.05, 3.63) is 41.5 Å². The zero-order chi connectivity index (χ0) is 24.1. The first-order chi connectivity index (χ1) is 16.5. The summed E-state index contributed by atoms with van der Waals surface area (Å²) < 4.78 is 10.9. The largest absolute Gasteiger partial charge is 0.497 e. The minimum Gasteiger partial charge on any atom is -0.497 e. The minimum absolute atomic E-state index is 0.0252. The van der Waals surface area contributed by atoms with Crippen molar-refractivity contribution in [1.82, 2.24) is 20.4 Å². The van der Waals surface area contributed by atoms with Gasteiger partial charge in [0.25, 0.3) is 0 Å². The number of carbonyl (C=O) groups excluding carboxylic acids is 2. The van der Waals surface area contributed by atoms with Crippen LogP contribution in [0.1, 0.15) is 81.5 Å². The Balaban J connectivity index is 1.59. The van der Waals surface area contributed by atoms with Gasteiger partial charge in [0.1, 0.15) is 5.75 Å². The normalized spacial score (nSPS) is 23.8. The van der Waals surface area contributed by atoms with Gasteiger partial charge >= 0.3 is 0 Å². The molecule has 1 saturated carbocycles. The number of ether oxygens (including phenoxy) is 1. The molecule has 0 unspecified atom stereocenters. The highest BCUT2D eigenvalue weighted by Crippen LogP contribution is 2.41.